The SMILES string of the molecule is O=C1COC2(CC/C2=C\c2ccccc2)N1OCc1ccccc1. The number of rotatable bonds is 4. The molecule has 1 unspecified atom stereocenters. The van der Waals surface area contributed by atoms with Crippen LogP contribution >= 0.6 is 0 Å². The number of carbonyl (C=O) groups excluding carboxylic acids is 1. The van der Waals surface area contributed by atoms with E-state index in [0.717, 1.165) is 29.5 Å². The molecule has 1 aliphatic heterocycles. The van der Waals surface area contributed by atoms with Gasteiger partial charge < -0.3 is 4.74 Å². The Morgan fingerprint density at radius 1 is 1.08 bits per heavy atom. The molecule has 2 aromatic rings. The first-order valence-corrected chi connectivity index (χ1v) is 8.18. The maximum atomic E-state index is 12.3. The highest BCUT2D eigenvalue weighted by Crippen LogP contribution is 2.48. The normalized spacial score (nSPS) is 24.6. The summed E-state index contributed by atoms with van der Waals surface area (Å²) in [6.45, 7) is 0.428. The van der Waals surface area contributed by atoms with E-state index in [4.69, 9.17) is 9.57 Å². The van der Waals surface area contributed by atoms with Crippen molar-refractivity contribution < 1.29 is 14.4 Å². The summed E-state index contributed by atoms with van der Waals surface area (Å²) >= 11 is 0. The van der Waals surface area contributed by atoms with E-state index in [1.54, 1.807) is 0 Å². The van der Waals surface area contributed by atoms with Gasteiger partial charge in [-0.05, 0) is 23.1 Å². The van der Waals surface area contributed by atoms with E-state index in [1.165, 1.54) is 5.06 Å². The average Bonchev–Trinajstić information content (AvgIpc) is 2.97. The van der Waals surface area contributed by atoms with Gasteiger partial charge in [-0.1, -0.05) is 66.7 Å². The Hall–Kier alpha value is -2.43. The van der Waals surface area contributed by atoms with Crippen LogP contribution in [0.2, 0.25) is 0 Å². The zero-order valence-electron chi connectivity index (χ0n) is 13.4. The Bertz CT molecular complexity index is 757. The van der Waals surface area contributed by atoms with Gasteiger partial charge in [0.25, 0.3) is 5.91 Å². The van der Waals surface area contributed by atoms with Crippen LogP contribution in [0.15, 0.2) is 66.2 Å². The van der Waals surface area contributed by atoms with Crippen molar-refractivity contribution in [3.8, 4) is 0 Å². The summed E-state index contributed by atoms with van der Waals surface area (Å²) in [5, 5.41) is 1.44. The molecule has 0 N–H and O–H groups in total. The number of hydrogen-bond donors (Lipinski definition) is 0. The first kappa shape index (κ1) is 15.1. The molecule has 2 aromatic carbocycles. The van der Waals surface area contributed by atoms with Crippen LogP contribution in [0.25, 0.3) is 6.08 Å². The second-order valence-electron chi connectivity index (χ2n) is 6.10. The minimum atomic E-state index is -0.721. The molecule has 1 atom stereocenters. The third-order valence-electron chi connectivity index (χ3n) is 4.57. The molecule has 24 heavy (non-hydrogen) atoms. The molecule has 1 saturated heterocycles. The summed E-state index contributed by atoms with van der Waals surface area (Å²) in [6.07, 6.45) is 3.78. The smallest absolute Gasteiger partial charge is 0.275 e. The molecule has 0 radical (unpaired) electrons. The van der Waals surface area contributed by atoms with Crippen molar-refractivity contribution in [1.29, 1.82) is 0 Å². The fourth-order valence-corrected chi connectivity index (χ4v) is 3.20. The van der Waals surface area contributed by atoms with Crippen LogP contribution in [-0.4, -0.2) is 23.3 Å². The standard InChI is InChI=1S/C20H19NO3/c22-19-15-23-20(21(19)24-14-17-9-5-2-6-10-17)12-11-18(20)13-16-7-3-1-4-8-16/h1-10,13H,11-12,14-15H2/b18-13+. The molecule has 122 valence electrons. The molecule has 2 fully saturated rings. The highest BCUT2D eigenvalue weighted by atomic mass is 16.7. The van der Waals surface area contributed by atoms with E-state index in [0.29, 0.717) is 6.61 Å². The van der Waals surface area contributed by atoms with Gasteiger partial charge in [0.1, 0.15) is 13.2 Å². The molecular formula is C20H19NO3. The van der Waals surface area contributed by atoms with E-state index in [-0.39, 0.29) is 12.5 Å². The van der Waals surface area contributed by atoms with Gasteiger partial charge in [0.2, 0.25) is 0 Å². The lowest BCUT2D eigenvalue weighted by Crippen LogP contribution is -2.53. The second-order valence-corrected chi connectivity index (χ2v) is 6.10. The summed E-state index contributed by atoms with van der Waals surface area (Å²) in [5.74, 6) is -0.121. The summed E-state index contributed by atoms with van der Waals surface area (Å²) in [4.78, 5) is 18.1. The highest BCUT2D eigenvalue weighted by Gasteiger charge is 2.56. The number of benzene rings is 2. The molecule has 4 rings (SSSR count). The van der Waals surface area contributed by atoms with Gasteiger partial charge in [-0.2, -0.15) is 5.06 Å². The van der Waals surface area contributed by atoms with Crippen molar-refractivity contribution >= 4 is 12.0 Å². The van der Waals surface area contributed by atoms with Gasteiger partial charge >= 0.3 is 0 Å². The zero-order chi connectivity index (χ0) is 16.4. The molecule has 0 bridgehead atoms. The third-order valence-corrected chi connectivity index (χ3v) is 4.57. The van der Waals surface area contributed by atoms with E-state index in [2.05, 4.69) is 6.08 Å². The monoisotopic (exact) mass is 321 g/mol. The van der Waals surface area contributed by atoms with Crippen molar-refractivity contribution in [1.82, 2.24) is 5.06 Å². The molecule has 4 nitrogen and oxygen atoms in total. The van der Waals surface area contributed by atoms with Gasteiger partial charge in [-0.3, -0.25) is 9.63 Å². The Morgan fingerprint density at radius 3 is 2.46 bits per heavy atom. The number of carbonyl (C=O) groups is 1. The van der Waals surface area contributed by atoms with Crippen molar-refractivity contribution in [3.63, 3.8) is 0 Å². The molecule has 0 aromatic heterocycles. The Morgan fingerprint density at radius 2 is 1.79 bits per heavy atom. The van der Waals surface area contributed by atoms with Crippen LogP contribution in [0.1, 0.15) is 24.0 Å². The highest BCUT2D eigenvalue weighted by molar-refractivity contribution is 5.80. The number of hydrogen-bond acceptors (Lipinski definition) is 3. The van der Waals surface area contributed by atoms with Crippen molar-refractivity contribution in [2.24, 2.45) is 0 Å². The number of amides is 1. The molecule has 1 saturated carbocycles. The Kier molecular flexibility index (Phi) is 3.92. The van der Waals surface area contributed by atoms with Gasteiger partial charge in [0.15, 0.2) is 5.72 Å². The largest absolute Gasteiger partial charge is 0.339 e. The van der Waals surface area contributed by atoms with Gasteiger partial charge in [-0.25, -0.2) is 0 Å². The van der Waals surface area contributed by atoms with E-state index < -0.39 is 5.72 Å². The molecule has 1 spiro atoms. The van der Waals surface area contributed by atoms with Crippen LogP contribution in [0.4, 0.5) is 0 Å². The van der Waals surface area contributed by atoms with Crippen LogP contribution in [0.5, 0.6) is 0 Å². The minimum Gasteiger partial charge on any atom is -0.339 e. The van der Waals surface area contributed by atoms with Gasteiger partial charge in [0.05, 0.1) is 0 Å². The number of hydroxylamine groups is 2. The average molecular weight is 321 g/mol. The van der Waals surface area contributed by atoms with E-state index in [9.17, 15) is 4.79 Å². The topological polar surface area (TPSA) is 38.8 Å². The van der Waals surface area contributed by atoms with Crippen molar-refractivity contribution in [3.05, 3.63) is 77.4 Å². The molecular weight excluding hydrogens is 302 g/mol. The number of nitrogens with zero attached hydrogens (tertiary/aromatic N) is 1. The van der Waals surface area contributed by atoms with Crippen LogP contribution < -0.4 is 0 Å². The van der Waals surface area contributed by atoms with Crippen LogP contribution in [0, 0.1) is 0 Å². The summed E-state index contributed by atoms with van der Waals surface area (Å²) < 4.78 is 5.86. The number of ether oxygens (including phenoxy) is 1. The maximum Gasteiger partial charge on any atom is 0.275 e. The quantitative estimate of drug-likeness (QED) is 0.864. The predicted molar refractivity (Wildman–Crippen MR) is 90.4 cm³/mol. The second kappa shape index (κ2) is 6.23. The Labute approximate surface area is 141 Å². The summed E-state index contributed by atoms with van der Waals surface area (Å²) in [5.41, 5.74) is 2.51. The lowest BCUT2D eigenvalue weighted by atomic mass is 9.80. The lowest BCUT2D eigenvalue weighted by molar-refractivity contribution is -0.259. The molecule has 2 aliphatic rings. The maximum absolute atomic E-state index is 12.3. The first-order chi connectivity index (χ1) is 11.8. The fourth-order valence-electron chi connectivity index (χ4n) is 3.20. The van der Waals surface area contributed by atoms with Crippen LogP contribution in [-0.2, 0) is 21.0 Å². The molecule has 1 heterocycles. The summed E-state index contributed by atoms with van der Waals surface area (Å²) in [7, 11) is 0. The molecule has 4 heteroatoms. The minimum absolute atomic E-state index is 0.0704. The fraction of sp³-hybridized carbons (Fsp3) is 0.250. The van der Waals surface area contributed by atoms with E-state index in [1.807, 2.05) is 60.7 Å². The zero-order valence-corrected chi connectivity index (χ0v) is 13.4. The third kappa shape index (κ3) is 2.64. The first-order valence-electron chi connectivity index (χ1n) is 8.18. The molecule has 1 amide bonds. The van der Waals surface area contributed by atoms with E-state index >= 15 is 0 Å². The van der Waals surface area contributed by atoms with Crippen molar-refractivity contribution in [2.75, 3.05) is 6.61 Å². The summed E-state index contributed by atoms with van der Waals surface area (Å²) in [6, 6.07) is 19.9. The Balaban J connectivity index is 1.55. The lowest BCUT2D eigenvalue weighted by Gasteiger charge is -2.45. The van der Waals surface area contributed by atoms with Gasteiger partial charge in [-0.15, -0.1) is 0 Å². The van der Waals surface area contributed by atoms with Crippen LogP contribution in [0.3, 0.4) is 0 Å². The van der Waals surface area contributed by atoms with Gasteiger partial charge in [0, 0.05) is 6.42 Å². The van der Waals surface area contributed by atoms with Crippen molar-refractivity contribution in [2.45, 2.75) is 25.2 Å². The molecule has 1 aliphatic carbocycles. The predicted octanol–water partition coefficient (Wildman–Crippen LogP) is 3.55.